The van der Waals surface area contributed by atoms with Gasteiger partial charge >= 0.3 is 5.97 Å². The third kappa shape index (κ3) is 3.81. The zero-order valence-electron chi connectivity index (χ0n) is 10.1. The van der Waals surface area contributed by atoms with Crippen molar-refractivity contribution in [1.29, 1.82) is 0 Å². The maximum atomic E-state index is 12.1. The summed E-state index contributed by atoms with van der Waals surface area (Å²) in [5, 5.41) is 17.8. The molecule has 1 heterocycles. The number of nitrogens with zero attached hydrogens (tertiary/aromatic N) is 2. The van der Waals surface area contributed by atoms with E-state index >= 15 is 0 Å². The van der Waals surface area contributed by atoms with Crippen molar-refractivity contribution in [3.63, 3.8) is 0 Å². The molecule has 0 saturated carbocycles. The normalized spacial score (nSPS) is 11.9. The lowest BCUT2D eigenvalue weighted by atomic mass is 10.1. The Kier molecular flexibility index (Phi) is 5.26. The number of rotatable bonds is 6. The Morgan fingerprint density at radius 2 is 2.00 bits per heavy atom. The molecule has 2 N–H and O–H groups in total. The molecule has 0 aliphatic carbocycles. The topological polar surface area (TPSA) is 90.7 Å². The molecule has 0 fully saturated rings. The van der Waals surface area contributed by atoms with Gasteiger partial charge in [0.05, 0.1) is 12.5 Å². The molecule has 0 radical (unpaired) electrons. The zero-order chi connectivity index (χ0) is 13.5. The van der Waals surface area contributed by atoms with Gasteiger partial charge in [0, 0.05) is 31.0 Å². The van der Waals surface area contributed by atoms with Gasteiger partial charge in [0.25, 0.3) is 5.91 Å². The standard InChI is InChI=1S/C12H16N2O4/c1-9(12(17)18)8-14(6-7-15)11(16)10-2-4-13-5-3-10/h2-5,9,15H,6-8H2,1H3,(H,17,18). The predicted octanol–water partition coefficient (Wildman–Crippen LogP) is 0.237. The van der Waals surface area contributed by atoms with Crippen LogP contribution in [-0.2, 0) is 4.79 Å². The van der Waals surface area contributed by atoms with E-state index in [0.29, 0.717) is 5.56 Å². The number of aliphatic hydroxyl groups is 1. The van der Waals surface area contributed by atoms with Crippen molar-refractivity contribution in [2.45, 2.75) is 6.92 Å². The van der Waals surface area contributed by atoms with Gasteiger partial charge in [-0.15, -0.1) is 0 Å². The number of aliphatic hydroxyl groups excluding tert-OH is 1. The first-order chi connectivity index (χ1) is 8.56. The quantitative estimate of drug-likeness (QED) is 0.756. The van der Waals surface area contributed by atoms with Gasteiger partial charge in [0.15, 0.2) is 0 Å². The zero-order valence-corrected chi connectivity index (χ0v) is 10.1. The molecule has 1 rings (SSSR count). The molecule has 1 unspecified atom stereocenters. The van der Waals surface area contributed by atoms with Gasteiger partial charge in [0.2, 0.25) is 0 Å². The average molecular weight is 252 g/mol. The lowest BCUT2D eigenvalue weighted by Gasteiger charge is -2.23. The van der Waals surface area contributed by atoms with Crippen LogP contribution >= 0.6 is 0 Å². The molecule has 0 aliphatic rings. The van der Waals surface area contributed by atoms with Crippen LogP contribution in [0.25, 0.3) is 0 Å². The van der Waals surface area contributed by atoms with E-state index in [2.05, 4.69) is 4.98 Å². The van der Waals surface area contributed by atoms with E-state index in [1.54, 1.807) is 12.1 Å². The Morgan fingerprint density at radius 3 is 2.50 bits per heavy atom. The van der Waals surface area contributed by atoms with Gasteiger partial charge in [0.1, 0.15) is 0 Å². The van der Waals surface area contributed by atoms with Crippen molar-refractivity contribution >= 4 is 11.9 Å². The van der Waals surface area contributed by atoms with E-state index in [1.807, 2.05) is 0 Å². The minimum Gasteiger partial charge on any atom is -0.481 e. The number of pyridine rings is 1. The van der Waals surface area contributed by atoms with Crippen LogP contribution < -0.4 is 0 Å². The second kappa shape index (κ2) is 6.70. The van der Waals surface area contributed by atoms with Crippen molar-refractivity contribution in [3.05, 3.63) is 30.1 Å². The highest BCUT2D eigenvalue weighted by molar-refractivity contribution is 5.94. The van der Waals surface area contributed by atoms with Crippen LogP contribution in [-0.4, -0.2) is 51.7 Å². The van der Waals surface area contributed by atoms with E-state index in [1.165, 1.54) is 24.2 Å². The maximum absolute atomic E-state index is 12.1. The first kappa shape index (κ1) is 14.1. The molecule has 0 bridgehead atoms. The number of carbonyl (C=O) groups excluding carboxylic acids is 1. The van der Waals surface area contributed by atoms with Crippen molar-refractivity contribution < 1.29 is 19.8 Å². The summed E-state index contributed by atoms with van der Waals surface area (Å²) in [5.74, 6) is -1.96. The predicted molar refractivity (Wildman–Crippen MR) is 64.0 cm³/mol. The molecule has 98 valence electrons. The highest BCUT2D eigenvalue weighted by Crippen LogP contribution is 2.07. The lowest BCUT2D eigenvalue weighted by molar-refractivity contribution is -0.141. The Balaban J connectivity index is 2.78. The smallest absolute Gasteiger partial charge is 0.308 e. The minimum atomic E-state index is -0.972. The third-order valence-corrected chi connectivity index (χ3v) is 2.50. The molecular formula is C12H16N2O4. The fraction of sp³-hybridized carbons (Fsp3) is 0.417. The molecular weight excluding hydrogens is 236 g/mol. The molecule has 1 amide bonds. The fourth-order valence-electron chi connectivity index (χ4n) is 1.48. The number of aromatic nitrogens is 1. The molecule has 6 heteroatoms. The summed E-state index contributed by atoms with van der Waals surface area (Å²) in [5.41, 5.74) is 0.427. The summed E-state index contributed by atoms with van der Waals surface area (Å²) >= 11 is 0. The summed E-state index contributed by atoms with van der Waals surface area (Å²) in [4.78, 5) is 28.0. The van der Waals surface area contributed by atoms with Crippen LogP contribution in [0.15, 0.2) is 24.5 Å². The minimum absolute atomic E-state index is 0.0665. The number of hydrogen-bond donors (Lipinski definition) is 2. The lowest BCUT2D eigenvalue weighted by Crippen LogP contribution is -2.38. The Bertz CT molecular complexity index is 408. The Morgan fingerprint density at radius 1 is 1.39 bits per heavy atom. The van der Waals surface area contributed by atoms with Crippen LogP contribution in [0, 0.1) is 5.92 Å². The van der Waals surface area contributed by atoms with E-state index in [-0.39, 0.29) is 25.6 Å². The highest BCUT2D eigenvalue weighted by Gasteiger charge is 2.21. The molecule has 0 aromatic carbocycles. The number of hydrogen-bond acceptors (Lipinski definition) is 4. The number of carboxylic acid groups (broad SMARTS) is 1. The highest BCUT2D eigenvalue weighted by atomic mass is 16.4. The molecule has 1 aromatic heterocycles. The summed E-state index contributed by atoms with van der Waals surface area (Å²) in [6.07, 6.45) is 2.98. The van der Waals surface area contributed by atoms with Crippen molar-refractivity contribution in [2.75, 3.05) is 19.7 Å². The van der Waals surface area contributed by atoms with Crippen molar-refractivity contribution in [2.24, 2.45) is 5.92 Å². The summed E-state index contributed by atoms with van der Waals surface area (Å²) in [6.45, 7) is 1.49. The van der Waals surface area contributed by atoms with Crippen molar-refractivity contribution in [1.82, 2.24) is 9.88 Å². The number of aliphatic carboxylic acids is 1. The maximum Gasteiger partial charge on any atom is 0.308 e. The van der Waals surface area contributed by atoms with Crippen LogP contribution in [0.4, 0.5) is 0 Å². The molecule has 6 nitrogen and oxygen atoms in total. The number of amides is 1. The molecule has 1 aromatic rings. The van der Waals surface area contributed by atoms with Crippen LogP contribution in [0.5, 0.6) is 0 Å². The fourth-order valence-corrected chi connectivity index (χ4v) is 1.48. The molecule has 1 atom stereocenters. The van der Waals surface area contributed by atoms with E-state index < -0.39 is 11.9 Å². The second-order valence-corrected chi connectivity index (χ2v) is 3.95. The van der Waals surface area contributed by atoms with Crippen LogP contribution in [0.1, 0.15) is 17.3 Å². The number of carboxylic acids is 1. The van der Waals surface area contributed by atoms with Crippen LogP contribution in [0.2, 0.25) is 0 Å². The molecule has 18 heavy (non-hydrogen) atoms. The summed E-state index contributed by atoms with van der Waals surface area (Å²) in [6, 6.07) is 3.11. The largest absolute Gasteiger partial charge is 0.481 e. The molecule has 0 aliphatic heterocycles. The van der Waals surface area contributed by atoms with Gasteiger partial charge < -0.3 is 15.1 Å². The Hall–Kier alpha value is -1.95. The SMILES string of the molecule is CC(CN(CCO)C(=O)c1ccncc1)C(=O)O. The van der Waals surface area contributed by atoms with E-state index in [4.69, 9.17) is 10.2 Å². The molecule has 0 saturated heterocycles. The molecule has 0 spiro atoms. The number of carbonyl (C=O) groups is 2. The van der Waals surface area contributed by atoms with Gasteiger partial charge in [-0.1, -0.05) is 6.92 Å². The monoisotopic (exact) mass is 252 g/mol. The average Bonchev–Trinajstić information content (AvgIpc) is 2.38. The van der Waals surface area contributed by atoms with Gasteiger partial charge in [-0.3, -0.25) is 14.6 Å². The summed E-state index contributed by atoms with van der Waals surface area (Å²) in [7, 11) is 0. The first-order valence-electron chi connectivity index (χ1n) is 5.59. The third-order valence-electron chi connectivity index (χ3n) is 2.50. The van der Waals surface area contributed by atoms with E-state index in [9.17, 15) is 9.59 Å². The van der Waals surface area contributed by atoms with Crippen molar-refractivity contribution in [3.8, 4) is 0 Å². The Labute approximate surface area is 105 Å². The summed E-state index contributed by atoms with van der Waals surface area (Å²) < 4.78 is 0. The van der Waals surface area contributed by atoms with E-state index in [0.717, 1.165) is 0 Å². The first-order valence-corrected chi connectivity index (χ1v) is 5.59. The van der Waals surface area contributed by atoms with Gasteiger partial charge in [-0.25, -0.2) is 0 Å². The van der Waals surface area contributed by atoms with Crippen LogP contribution in [0.3, 0.4) is 0 Å². The van der Waals surface area contributed by atoms with Gasteiger partial charge in [-0.05, 0) is 12.1 Å². The second-order valence-electron chi connectivity index (χ2n) is 3.95. The van der Waals surface area contributed by atoms with Gasteiger partial charge in [-0.2, -0.15) is 0 Å².